The molecule has 1 amide bonds. The van der Waals surface area contributed by atoms with Gasteiger partial charge in [0.1, 0.15) is 0 Å². The molecule has 1 aromatic rings. The second-order valence-electron chi connectivity index (χ2n) is 5.92. The van der Waals surface area contributed by atoms with Crippen molar-refractivity contribution < 1.29 is 4.79 Å². The third kappa shape index (κ3) is 3.97. The average Bonchev–Trinajstić information content (AvgIpc) is 2.50. The molecule has 0 aromatic heterocycles. The van der Waals surface area contributed by atoms with Crippen molar-refractivity contribution in [3.05, 3.63) is 29.3 Å². The summed E-state index contributed by atoms with van der Waals surface area (Å²) in [4.78, 5) is 11.8. The van der Waals surface area contributed by atoms with Crippen molar-refractivity contribution in [2.45, 2.75) is 45.6 Å². The molecule has 1 aliphatic carbocycles. The molecule has 4 N–H and O–H groups in total. The van der Waals surface area contributed by atoms with Crippen molar-refractivity contribution in [1.82, 2.24) is 5.32 Å². The first-order valence-electron chi connectivity index (χ1n) is 8.01. The number of carbonyl (C=O) groups is 1. The first-order valence-corrected chi connectivity index (χ1v) is 8.01. The van der Waals surface area contributed by atoms with Crippen LogP contribution >= 0.6 is 0 Å². The van der Waals surface area contributed by atoms with E-state index in [-0.39, 0.29) is 5.91 Å². The SMILES string of the molecule is CCNC(=O)c1ccc(NC2CCCCC2CN)c(C)c1. The lowest BCUT2D eigenvalue weighted by Gasteiger charge is -2.32. The molecule has 0 spiro atoms. The molecule has 0 heterocycles. The highest BCUT2D eigenvalue weighted by Crippen LogP contribution is 2.28. The minimum absolute atomic E-state index is 0.00958. The maximum absolute atomic E-state index is 11.8. The largest absolute Gasteiger partial charge is 0.382 e. The van der Waals surface area contributed by atoms with E-state index in [1.165, 1.54) is 25.7 Å². The van der Waals surface area contributed by atoms with Crippen molar-refractivity contribution in [3.63, 3.8) is 0 Å². The molecule has 1 saturated carbocycles. The van der Waals surface area contributed by atoms with Gasteiger partial charge in [0.05, 0.1) is 0 Å². The number of nitrogens with two attached hydrogens (primary N) is 1. The number of benzene rings is 1. The molecule has 0 bridgehead atoms. The summed E-state index contributed by atoms with van der Waals surface area (Å²) >= 11 is 0. The van der Waals surface area contributed by atoms with Gasteiger partial charge in [-0.05, 0) is 62.9 Å². The molecule has 4 nitrogen and oxygen atoms in total. The van der Waals surface area contributed by atoms with E-state index in [0.717, 1.165) is 23.4 Å². The van der Waals surface area contributed by atoms with Gasteiger partial charge in [0, 0.05) is 23.8 Å². The van der Waals surface area contributed by atoms with Gasteiger partial charge in [-0.15, -0.1) is 0 Å². The standard InChI is InChI=1S/C17H27N3O/c1-3-19-17(21)13-8-9-15(12(2)10-13)20-16-7-5-4-6-14(16)11-18/h8-10,14,16,20H,3-7,11,18H2,1-2H3,(H,19,21). The third-order valence-corrected chi connectivity index (χ3v) is 4.38. The number of anilines is 1. The maximum Gasteiger partial charge on any atom is 0.251 e. The Morgan fingerprint density at radius 2 is 2.10 bits per heavy atom. The zero-order valence-electron chi connectivity index (χ0n) is 13.1. The van der Waals surface area contributed by atoms with Crippen LogP contribution in [0.3, 0.4) is 0 Å². The van der Waals surface area contributed by atoms with E-state index in [4.69, 9.17) is 5.73 Å². The number of carbonyl (C=O) groups excluding carboxylic acids is 1. The van der Waals surface area contributed by atoms with Crippen molar-refractivity contribution in [1.29, 1.82) is 0 Å². The maximum atomic E-state index is 11.8. The van der Waals surface area contributed by atoms with Crippen molar-refractivity contribution in [2.24, 2.45) is 11.7 Å². The first-order chi connectivity index (χ1) is 10.2. The molecule has 1 aromatic carbocycles. The molecule has 0 saturated heterocycles. The monoisotopic (exact) mass is 289 g/mol. The normalized spacial score (nSPS) is 21.9. The summed E-state index contributed by atoms with van der Waals surface area (Å²) in [5.74, 6) is 0.547. The van der Waals surface area contributed by atoms with Crippen molar-refractivity contribution in [2.75, 3.05) is 18.4 Å². The predicted molar refractivity (Wildman–Crippen MR) is 87.6 cm³/mol. The Morgan fingerprint density at radius 1 is 1.33 bits per heavy atom. The zero-order valence-corrected chi connectivity index (χ0v) is 13.1. The Labute approximate surface area is 127 Å². The predicted octanol–water partition coefficient (Wildman–Crippen LogP) is 2.67. The average molecular weight is 289 g/mol. The fraction of sp³-hybridized carbons (Fsp3) is 0.588. The summed E-state index contributed by atoms with van der Waals surface area (Å²) in [6.45, 7) is 5.37. The number of hydrogen-bond donors (Lipinski definition) is 3. The van der Waals surface area contributed by atoms with E-state index < -0.39 is 0 Å². The summed E-state index contributed by atoms with van der Waals surface area (Å²) in [5, 5.41) is 6.47. The highest BCUT2D eigenvalue weighted by atomic mass is 16.1. The van der Waals surface area contributed by atoms with Crippen LogP contribution in [-0.4, -0.2) is 25.0 Å². The lowest BCUT2D eigenvalue weighted by Crippen LogP contribution is -2.36. The molecule has 1 fully saturated rings. The summed E-state index contributed by atoms with van der Waals surface area (Å²) in [7, 11) is 0. The second-order valence-corrected chi connectivity index (χ2v) is 5.92. The Morgan fingerprint density at radius 3 is 2.76 bits per heavy atom. The summed E-state index contributed by atoms with van der Waals surface area (Å²) in [6.07, 6.45) is 4.95. The lowest BCUT2D eigenvalue weighted by atomic mass is 9.84. The molecule has 2 unspecified atom stereocenters. The minimum atomic E-state index is -0.00958. The van der Waals surface area contributed by atoms with Gasteiger partial charge in [-0.3, -0.25) is 4.79 Å². The summed E-state index contributed by atoms with van der Waals surface area (Å²) in [6, 6.07) is 6.31. The van der Waals surface area contributed by atoms with Crippen LogP contribution in [0.25, 0.3) is 0 Å². The van der Waals surface area contributed by atoms with Gasteiger partial charge in [0.2, 0.25) is 0 Å². The van der Waals surface area contributed by atoms with E-state index in [0.29, 0.717) is 18.5 Å². The van der Waals surface area contributed by atoms with Crippen molar-refractivity contribution in [3.8, 4) is 0 Å². The van der Waals surface area contributed by atoms with Crippen LogP contribution in [0, 0.1) is 12.8 Å². The van der Waals surface area contributed by atoms with Gasteiger partial charge in [0.15, 0.2) is 0 Å². The number of nitrogens with one attached hydrogen (secondary N) is 2. The minimum Gasteiger partial charge on any atom is -0.382 e. The van der Waals surface area contributed by atoms with E-state index in [2.05, 4.69) is 10.6 Å². The van der Waals surface area contributed by atoms with Gasteiger partial charge in [-0.2, -0.15) is 0 Å². The number of rotatable bonds is 5. The highest BCUT2D eigenvalue weighted by molar-refractivity contribution is 5.94. The van der Waals surface area contributed by atoms with E-state index in [1.807, 2.05) is 32.0 Å². The van der Waals surface area contributed by atoms with Gasteiger partial charge >= 0.3 is 0 Å². The fourth-order valence-electron chi connectivity index (χ4n) is 3.11. The van der Waals surface area contributed by atoms with Gasteiger partial charge < -0.3 is 16.4 Å². The van der Waals surface area contributed by atoms with E-state index >= 15 is 0 Å². The smallest absolute Gasteiger partial charge is 0.251 e. The molecule has 2 atom stereocenters. The molecule has 1 aliphatic rings. The van der Waals surface area contributed by atoms with Crippen LogP contribution in [0.4, 0.5) is 5.69 Å². The quantitative estimate of drug-likeness (QED) is 0.780. The number of amides is 1. The molecule has 116 valence electrons. The Hall–Kier alpha value is -1.55. The molecule has 21 heavy (non-hydrogen) atoms. The molecular formula is C17H27N3O. The molecule has 0 radical (unpaired) electrons. The van der Waals surface area contributed by atoms with Crippen LogP contribution in [-0.2, 0) is 0 Å². The Bertz CT molecular complexity index is 487. The molecule has 0 aliphatic heterocycles. The molecule has 2 rings (SSSR count). The van der Waals surface area contributed by atoms with Gasteiger partial charge in [-0.1, -0.05) is 12.8 Å². The second kappa shape index (κ2) is 7.46. The first kappa shape index (κ1) is 15.8. The lowest BCUT2D eigenvalue weighted by molar-refractivity contribution is 0.0956. The fourth-order valence-corrected chi connectivity index (χ4v) is 3.11. The number of hydrogen-bond acceptors (Lipinski definition) is 3. The summed E-state index contributed by atoms with van der Waals surface area (Å²) < 4.78 is 0. The molecule has 4 heteroatoms. The summed E-state index contributed by atoms with van der Waals surface area (Å²) in [5.41, 5.74) is 8.84. The van der Waals surface area contributed by atoms with E-state index in [1.54, 1.807) is 0 Å². The zero-order chi connectivity index (χ0) is 15.2. The Kier molecular flexibility index (Phi) is 5.62. The van der Waals surface area contributed by atoms with Gasteiger partial charge in [-0.25, -0.2) is 0 Å². The van der Waals surface area contributed by atoms with Crippen molar-refractivity contribution >= 4 is 11.6 Å². The van der Waals surface area contributed by atoms with Crippen LogP contribution in [0.1, 0.15) is 48.5 Å². The van der Waals surface area contributed by atoms with Crippen LogP contribution in [0.5, 0.6) is 0 Å². The topological polar surface area (TPSA) is 67.2 Å². The van der Waals surface area contributed by atoms with Crippen LogP contribution in [0.2, 0.25) is 0 Å². The Balaban J connectivity index is 2.08. The van der Waals surface area contributed by atoms with E-state index in [9.17, 15) is 4.79 Å². The van der Waals surface area contributed by atoms with Crippen LogP contribution in [0.15, 0.2) is 18.2 Å². The van der Waals surface area contributed by atoms with Crippen LogP contribution < -0.4 is 16.4 Å². The molecular weight excluding hydrogens is 262 g/mol. The third-order valence-electron chi connectivity index (χ3n) is 4.38. The highest BCUT2D eigenvalue weighted by Gasteiger charge is 2.24. The number of aryl methyl sites for hydroxylation is 1. The van der Waals surface area contributed by atoms with Gasteiger partial charge in [0.25, 0.3) is 5.91 Å².